The van der Waals surface area contributed by atoms with Gasteiger partial charge in [-0.3, -0.25) is 5.41 Å². The molecule has 1 N–H and O–H groups in total. The molecule has 2 fully saturated rings. The lowest BCUT2D eigenvalue weighted by Crippen LogP contribution is -2.31. The van der Waals surface area contributed by atoms with Gasteiger partial charge in [-0.25, -0.2) is 0 Å². The Labute approximate surface area is 109 Å². The summed E-state index contributed by atoms with van der Waals surface area (Å²) in [7, 11) is 0. The molecule has 2 heteroatoms. The van der Waals surface area contributed by atoms with Gasteiger partial charge in [0.05, 0.1) is 0 Å². The van der Waals surface area contributed by atoms with E-state index in [0.29, 0.717) is 0 Å². The van der Waals surface area contributed by atoms with Crippen molar-refractivity contribution < 1.29 is 0 Å². The summed E-state index contributed by atoms with van der Waals surface area (Å²) in [6.45, 7) is 2.09. The number of nitrogens with one attached hydrogen (secondary N) is 1. The second-order valence-corrected chi connectivity index (χ2v) is 6.22. The zero-order valence-electron chi connectivity index (χ0n) is 10.7. The van der Waals surface area contributed by atoms with Crippen molar-refractivity contribution in [1.82, 2.24) is 4.90 Å². The molecule has 2 nitrogen and oxygen atoms in total. The average molecular weight is 240 g/mol. The first-order valence-electron chi connectivity index (χ1n) is 7.24. The van der Waals surface area contributed by atoms with Crippen molar-refractivity contribution >= 4 is 5.84 Å². The first kappa shape index (κ1) is 10.6. The zero-order chi connectivity index (χ0) is 12.1. The van der Waals surface area contributed by atoms with Crippen LogP contribution < -0.4 is 0 Å². The number of fused-ring (bicyclic) bond motifs is 1. The highest BCUT2D eigenvalue weighted by Gasteiger charge is 2.43. The predicted molar refractivity (Wildman–Crippen MR) is 72.6 cm³/mol. The minimum atomic E-state index is 0.761. The van der Waals surface area contributed by atoms with E-state index in [1.54, 1.807) is 0 Å². The average Bonchev–Trinajstić information content (AvgIpc) is 3.26. The summed E-state index contributed by atoms with van der Waals surface area (Å²) in [5.74, 6) is 3.60. The van der Waals surface area contributed by atoms with Gasteiger partial charge in [-0.2, -0.15) is 0 Å². The Balaban J connectivity index is 1.51. The molecule has 0 atom stereocenters. The molecule has 0 spiro atoms. The summed E-state index contributed by atoms with van der Waals surface area (Å²) in [4.78, 5) is 2.31. The Morgan fingerprint density at radius 1 is 1.11 bits per heavy atom. The highest BCUT2D eigenvalue weighted by molar-refractivity contribution is 6.00. The number of amidine groups is 1. The monoisotopic (exact) mass is 240 g/mol. The van der Waals surface area contributed by atoms with Crippen LogP contribution in [0.4, 0.5) is 0 Å². The highest BCUT2D eigenvalue weighted by atomic mass is 15.2. The molecular formula is C16H20N2. The maximum absolute atomic E-state index is 8.33. The van der Waals surface area contributed by atoms with E-state index in [9.17, 15) is 0 Å². The van der Waals surface area contributed by atoms with Crippen molar-refractivity contribution in [3.63, 3.8) is 0 Å². The Bertz CT molecular complexity index is 474. The molecule has 18 heavy (non-hydrogen) atoms. The molecule has 0 radical (unpaired) electrons. The minimum absolute atomic E-state index is 0.761. The Hall–Kier alpha value is -1.31. The van der Waals surface area contributed by atoms with E-state index in [1.807, 2.05) is 0 Å². The van der Waals surface area contributed by atoms with Crippen LogP contribution in [0.25, 0.3) is 0 Å². The summed E-state index contributed by atoms with van der Waals surface area (Å²) < 4.78 is 0. The summed E-state index contributed by atoms with van der Waals surface area (Å²) in [5, 5.41) is 8.33. The molecule has 0 bridgehead atoms. The van der Waals surface area contributed by atoms with Gasteiger partial charge in [-0.15, -0.1) is 0 Å². The van der Waals surface area contributed by atoms with Gasteiger partial charge in [0, 0.05) is 18.7 Å². The van der Waals surface area contributed by atoms with E-state index in [1.165, 1.54) is 31.2 Å². The number of hydrogen-bond donors (Lipinski definition) is 1. The van der Waals surface area contributed by atoms with Crippen molar-refractivity contribution in [1.29, 1.82) is 5.41 Å². The van der Waals surface area contributed by atoms with Gasteiger partial charge < -0.3 is 4.90 Å². The van der Waals surface area contributed by atoms with Crippen LogP contribution in [0.1, 0.15) is 36.8 Å². The molecule has 94 valence electrons. The van der Waals surface area contributed by atoms with Crippen LogP contribution in [0.15, 0.2) is 24.3 Å². The molecule has 1 aliphatic heterocycles. The van der Waals surface area contributed by atoms with E-state index < -0.39 is 0 Å². The highest BCUT2D eigenvalue weighted by Crippen LogP contribution is 2.49. The number of rotatable bonds is 4. The van der Waals surface area contributed by atoms with Crippen molar-refractivity contribution in [3.8, 4) is 0 Å². The fourth-order valence-electron chi connectivity index (χ4n) is 3.49. The molecular weight excluding hydrogens is 220 g/mol. The van der Waals surface area contributed by atoms with Gasteiger partial charge in [0.2, 0.25) is 0 Å². The van der Waals surface area contributed by atoms with Gasteiger partial charge in [-0.05, 0) is 49.0 Å². The Morgan fingerprint density at radius 2 is 1.78 bits per heavy atom. The first-order chi connectivity index (χ1) is 8.83. The molecule has 0 aromatic heterocycles. The van der Waals surface area contributed by atoms with Crippen LogP contribution in [0.5, 0.6) is 0 Å². The molecule has 1 aromatic carbocycles. The van der Waals surface area contributed by atoms with Crippen molar-refractivity contribution in [2.75, 3.05) is 6.54 Å². The predicted octanol–water partition coefficient (Wildman–Crippen LogP) is 3.26. The van der Waals surface area contributed by atoms with Gasteiger partial charge in [0.1, 0.15) is 5.84 Å². The van der Waals surface area contributed by atoms with Gasteiger partial charge >= 0.3 is 0 Å². The fourth-order valence-corrected chi connectivity index (χ4v) is 3.49. The third-order valence-electron chi connectivity index (χ3n) is 4.84. The number of benzene rings is 1. The molecule has 0 amide bonds. The molecule has 1 heterocycles. The number of nitrogens with zero attached hydrogens (tertiary/aromatic N) is 1. The zero-order valence-corrected chi connectivity index (χ0v) is 10.7. The second kappa shape index (κ2) is 3.84. The van der Waals surface area contributed by atoms with Crippen LogP contribution in [0.3, 0.4) is 0 Å². The standard InChI is InChI=1S/C16H20N2/c17-16-14-4-2-1-3-13(14)9-18(16)10-15(11-5-6-11)12-7-8-12/h1-4,11-12,15,17H,5-10H2. The third kappa shape index (κ3) is 1.75. The van der Waals surface area contributed by atoms with E-state index >= 15 is 0 Å². The molecule has 3 aliphatic rings. The van der Waals surface area contributed by atoms with Crippen LogP contribution in [0, 0.1) is 23.2 Å². The first-order valence-corrected chi connectivity index (χ1v) is 7.24. The normalized spacial score (nSPS) is 22.7. The SMILES string of the molecule is N=C1c2ccccc2CN1CC(C1CC1)C1CC1. The Morgan fingerprint density at radius 3 is 2.39 bits per heavy atom. The largest absolute Gasteiger partial charge is 0.352 e. The Kier molecular flexibility index (Phi) is 2.26. The summed E-state index contributed by atoms with van der Waals surface area (Å²) >= 11 is 0. The van der Waals surface area contributed by atoms with Crippen LogP contribution >= 0.6 is 0 Å². The lowest BCUT2D eigenvalue weighted by Gasteiger charge is -2.25. The summed E-state index contributed by atoms with van der Waals surface area (Å²) in [5.41, 5.74) is 2.50. The molecule has 2 aliphatic carbocycles. The van der Waals surface area contributed by atoms with Gasteiger partial charge in [0.15, 0.2) is 0 Å². The van der Waals surface area contributed by atoms with Crippen molar-refractivity contribution in [2.45, 2.75) is 32.2 Å². The topological polar surface area (TPSA) is 27.1 Å². The summed E-state index contributed by atoms with van der Waals surface area (Å²) in [6, 6.07) is 8.42. The molecule has 4 rings (SSSR count). The van der Waals surface area contributed by atoms with E-state index in [4.69, 9.17) is 5.41 Å². The molecule has 2 saturated carbocycles. The van der Waals surface area contributed by atoms with E-state index in [2.05, 4.69) is 29.2 Å². The maximum atomic E-state index is 8.33. The van der Waals surface area contributed by atoms with Crippen molar-refractivity contribution in [2.24, 2.45) is 17.8 Å². The van der Waals surface area contributed by atoms with Gasteiger partial charge in [-0.1, -0.05) is 24.3 Å². The number of hydrogen-bond acceptors (Lipinski definition) is 1. The quantitative estimate of drug-likeness (QED) is 0.859. The van der Waals surface area contributed by atoms with E-state index in [-0.39, 0.29) is 0 Å². The lowest BCUT2D eigenvalue weighted by molar-refractivity contribution is 0.287. The smallest absolute Gasteiger partial charge is 0.128 e. The third-order valence-corrected chi connectivity index (χ3v) is 4.84. The summed E-state index contributed by atoms with van der Waals surface area (Å²) in [6.07, 6.45) is 5.76. The molecule has 1 aromatic rings. The van der Waals surface area contributed by atoms with Crippen LogP contribution in [-0.4, -0.2) is 17.3 Å². The fraction of sp³-hybridized carbons (Fsp3) is 0.562. The van der Waals surface area contributed by atoms with Gasteiger partial charge in [0.25, 0.3) is 0 Å². The lowest BCUT2D eigenvalue weighted by atomic mass is 9.97. The molecule has 0 unspecified atom stereocenters. The van der Waals surface area contributed by atoms with E-state index in [0.717, 1.165) is 42.2 Å². The second-order valence-electron chi connectivity index (χ2n) is 6.22. The van der Waals surface area contributed by atoms with Crippen LogP contribution in [-0.2, 0) is 6.54 Å². The molecule has 0 saturated heterocycles. The van der Waals surface area contributed by atoms with Crippen LogP contribution in [0.2, 0.25) is 0 Å². The minimum Gasteiger partial charge on any atom is -0.352 e. The van der Waals surface area contributed by atoms with Crippen molar-refractivity contribution in [3.05, 3.63) is 35.4 Å². The maximum Gasteiger partial charge on any atom is 0.128 e.